The minimum Gasteiger partial charge on any atom is -0.481 e. The maximum absolute atomic E-state index is 12.6. The molecule has 37 heavy (non-hydrogen) atoms. The van der Waals surface area contributed by atoms with Crippen molar-refractivity contribution in [2.24, 2.45) is 34.0 Å². The lowest BCUT2D eigenvalue weighted by molar-refractivity contribution is -0.149. The van der Waals surface area contributed by atoms with Crippen molar-refractivity contribution < 1.29 is 30.0 Å². The first-order valence-electron chi connectivity index (χ1n) is 13.8. The summed E-state index contributed by atoms with van der Waals surface area (Å²) in [6.45, 7) is 20.2. The summed E-state index contributed by atoms with van der Waals surface area (Å²) >= 11 is 0. The van der Waals surface area contributed by atoms with Crippen LogP contribution in [0.25, 0.3) is 0 Å². The van der Waals surface area contributed by atoms with Gasteiger partial charge < -0.3 is 20.4 Å². The van der Waals surface area contributed by atoms with Gasteiger partial charge in [-0.05, 0) is 99.9 Å². The molecular formula is C31H48O6. The molecule has 6 heteroatoms. The van der Waals surface area contributed by atoms with Gasteiger partial charge in [-0.15, -0.1) is 0 Å². The molecule has 6 nitrogen and oxygen atoms in total. The molecule has 4 N–H and O–H groups in total. The first kappa shape index (κ1) is 29.6. The summed E-state index contributed by atoms with van der Waals surface area (Å²) in [5.41, 5.74) is 2.16. The number of carboxylic acid groups (broad SMARTS) is 2. The maximum Gasteiger partial charge on any atom is 0.306 e. The van der Waals surface area contributed by atoms with E-state index < -0.39 is 40.9 Å². The second kappa shape index (κ2) is 10.00. The van der Waals surface area contributed by atoms with Crippen LogP contribution in [0.15, 0.2) is 35.5 Å². The van der Waals surface area contributed by atoms with Gasteiger partial charge in [-0.2, -0.15) is 0 Å². The van der Waals surface area contributed by atoms with Crippen LogP contribution in [0.5, 0.6) is 0 Å². The van der Waals surface area contributed by atoms with Gasteiger partial charge in [0.2, 0.25) is 0 Å². The van der Waals surface area contributed by atoms with Crippen molar-refractivity contribution >= 4 is 11.9 Å². The van der Waals surface area contributed by atoms with Crippen molar-refractivity contribution in [2.45, 2.75) is 111 Å². The highest BCUT2D eigenvalue weighted by Crippen LogP contribution is 2.71. The Labute approximate surface area is 222 Å². The van der Waals surface area contributed by atoms with E-state index in [9.17, 15) is 30.0 Å². The number of carbonyl (C=O) groups is 2. The highest BCUT2D eigenvalue weighted by molar-refractivity contribution is 5.71. The minimum atomic E-state index is -1.08. The molecule has 3 aliphatic rings. The summed E-state index contributed by atoms with van der Waals surface area (Å²) in [5.74, 6) is -2.65. The number of carboxylic acids is 2. The molecule has 0 spiro atoms. The summed E-state index contributed by atoms with van der Waals surface area (Å²) in [5, 5.41) is 41.6. The highest BCUT2D eigenvalue weighted by atomic mass is 16.4. The van der Waals surface area contributed by atoms with Crippen molar-refractivity contribution in [3.63, 3.8) is 0 Å². The zero-order valence-electron chi connectivity index (χ0n) is 23.7. The molecule has 0 aromatic rings. The van der Waals surface area contributed by atoms with Crippen molar-refractivity contribution in [3.8, 4) is 0 Å². The van der Waals surface area contributed by atoms with Gasteiger partial charge in [0.25, 0.3) is 0 Å². The van der Waals surface area contributed by atoms with E-state index in [1.807, 2.05) is 6.92 Å². The Morgan fingerprint density at radius 3 is 2.22 bits per heavy atom. The van der Waals surface area contributed by atoms with E-state index in [-0.39, 0.29) is 23.2 Å². The number of hydrogen-bond acceptors (Lipinski definition) is 4. The molecule has 0 aromatic heterocycles. The number of aliphatic hydroxyl groups is 2. The average Bonchev–Trinajstić information content (AvgIpc) is 2.97. The normalized spacial score (nSPS) is 36.5. The molecule has 0 aromatic carbocycles. The smallest absolute Gasteiger partial charge is 0.306 e. The summed E-state index contributed by atoms with van der Waals surface area (Å²) < 4.78 is 0. The van der Waals surface area contributed by atoms with Crippen LogP contribution in [-0.2, 0) is 9.59 Å². The van der Waals surface area contributed by atoms with Gasteiger partial charge in [0.1, 0.15) is 0 Å². The number of hydrogen-bond donors (Lipinski definition) is 4. The monoisotopic (exact) mass is 516 g/mol. The van der Waals surface area contributed by atoms with Crippen LogP contribution in [0, 0.1) is 34.0 Å². The van der Waals surface area contributed by atoms with E-state index in [1.54, 1.807) is 13.8 Å². The van der Waals surface area contributed by atoms with E-state index >= 15 is 0 Å². The Kier molecular flexibility index (Phi) is 8.01. The first-order valence-corrected chi connectivity index (χ1v) is 13.8. The largest absolute Gasteiger partial charge is 0.481 e. The first-order chi connectivity index (χ1) is 16.9. The summed E-state index contributed by atoms with van der Waals surface area (Å²) in [6.07, 6.45) is 4.43. The molecule has 208 valence electrons. The van der Waals surface area contributed by atoms with E-state index in [0.29, 0.717) is 31.3 Å². The van der Waals surface area contributed by atoms with Crippen LogP contribution in [0.3, 0.4) is 0 Å². The molecule has 0 saturated heterocycles. The second-order valence-corrected chi connectivity index (χ2v) is 13.4. The Morgan fingerprint density at radius 2 is 1.70 bits per heavy atom. The summed E-state index contributed by atoms with van der Waals surface area (Å²) in [4.78, 5) is 24.2. The van der Waals surface area contributed by atoms with E-state index in [4.69, 9.17) is 0 Å². The molecule has 3 aliphatic carbocycles. The Balaban J connectivity index is 2.04. The lowest BCUT2D eigenvalue weighted by Crippen LogP contribution is -2.49. The van der Waals surface area contributed by atoms with Gasteiger partial charge >= 0.3 is 11.9 Å². The Bertz CT molecular complexity index is 1000. The molecule has 0 heterocycles. The Morgan fingerprint density at radius 1 is 1.08 bits per heavy atom. The van der Waals surface area contributed by atoms with Crippen LogP contribution < -0.4 is 0 Å². The number of fused-ring (bicyclic) bond motifs is 2. The van der Waals surface area contributed by atoms with Crippen molar-refractivity contribution in [2.75, 3.05) is 0 Å². The SMILES string of the molecule is C=C(C)[C@@H]1CCC2=C(CC[C@]3(C)[C@@H]([C@@H](CCC(=C)C(C)(C)O)C(=O)O)[C@H](O)C[C@@]23C)[C@@]1(C)CCC(=O)O. The van der Waals surface area contributed by atoms with Crippen LogP contribution in [0.1, 0.15) is 99.3 Å². The van der Waals surface area contributed by atoms with Gasteiger partial charge in [-0.3, -0.25) is 9.59 Å². The van der Waals surface area contributed by atoms with Gasteiger partial charge in [-0.25, -0.2) is 0 Å². The quantitative estimate of drug-likeness (QED) is 0.259. The molecule has 0 bridgehead atoms. The molecule has 1 fully saturated rings. The van der Waals surface area contributed by atoms with Crippen LogP contribution in [0.2, 0.25) is 0 Å². The van der Waals surface area contributed by atoms with E-state index in [2.05, 4.69) is 33.9 Å². The van der Waals surface area contributed by atoms with Crippen LogP contribution >= 0.6 is 0 Å². The molecule has 1 saturated carbocycles. The number of rotatable bonds is 10. The zero-order chi connectivity index (χ0) is 28.1. The molecular weight excluding hydrogens is 468 g/mol. The summed E-state index contributed by atoms with van der Waals surface area (Å²) in [7, 11) is 0. The average molecular weight is 517 g/mol. The molecule has 0 unspecified atom stereocenters. The fourth-order valence-electron chi connectivity index (χ4n) is 8.51. The molecule has 3 rings (SSSR count). The van der Waals surface area contributed by atoms with Crippen LogP contribution in [-0.4, -0.2) is 44.1 Å². The molecule has 7 atom stereocenters. The minimum absolute atomic E-state index is 0.0997. The predicted molar refractivity (Wildman–Crippen MR) is 145 cm³/mol. The molecule has 0 amide bonds. The molecule has 0 radical (unpaired) electrons. The lowest BCUT2D eigenvalue weighted by atomic mass is 9.47. The standard InChI is InChI=1S/C31H48O6/c1-18(2)21-11-12-23-22(29(21,6)15-14-25(33)34)13-16-30(7)26(24(32)17-31(23,30)8)20(27(35)36)10-9-19(3)28(4,5)37/h20-21,24,26,32,37H,1,3,9-17H2,2,4-8H3,(H,33,34)(H,35,36)/t20-,21+,24-,26+,29+,30-,31+/m1/s1. The zero-order valence-corrected chi connectivity index (χ0v) is 23.7. The topological polar surface area (TPSA) is 115 Å². The van der Waals surface area contributed by atoms with Crippen molar-refractivity contribution in [3.05, 3.63) is 35.5 Å². The fourth-order valence-corrected chi connectivity index (χ4v) is 8.51. The predicted octanol–water partition coefficient (Wildman–Crippen LogP) is 6.14. The highest BCUT2D eigenvalue weighted by Gasteiger charge is 2.65. The van der Waals surface area contributed by atoms with Crippen molar-refractivity contribution in [1.29, 1.82) is 0 Å². The van der Waals surface area contributed by atoms with E-state index in [1.165, 1.54) is 11.1 Å². The van der Waals surface area contributed by atoms with Crippen LogP contribution in [0.4, 0.5) is 0 Å². The number of aliphatic hydroxyl groups excluding tert-OH is 1. The van der Waals surface area contributed by atoms with Gasteiger partial charge in [0, 0.05) is 12.3 Å². The van der Waals surface area contributed by atoms with Gasteiger partial charge in [0.05, 0.1) is 17.6 Å². The van der Waals surface area contributed by atoms with Crippen molar-refractivity contribution in [1.82, 2.24) is 0 Å². The maximum atomic E-state index is 12.6. The second-order valence-electron chi connectivity index (χ2n) is 13.4. The number of allylic oxidation sites excluding steroid dienone is 3. The van der Waals surface area contributed by atoms with Gasteiger partial charge in [-0.1, -0.05) is 50.6 Å². The molecule has 0 aliphatic heterocycles. The third kappa shape index (κ3) is 4.96. The van der Waals surface area contributed by atoms with Gasteiger partial charge in [0.15, 0.2) is 0 Å². The third-order valence-corrected chi connectivity index (χ3v) is 10.9. The number of aliphatic carboxylic acids is 2. The fraction of sp³-hybridized carbons (Fsp3) is 0.742. The van der Waals surface area contributed by atoms with E-state index in [0.717, 1.165) is 31.3 Å². The lowest BCUT2D eigenvalue weighted by Gasteiger charge is -2.57. The summed E-state index contributed by atoms with van der Waals surface area (Å²) in [6, 6.07) is 0. The third-order valence-electron chi connectivity index (χ3n) is 10.9. The Hall–Kier alpha value is -1.92.